The fraction of sp³-hybridized carbons (Fsp3) is 0.400. The van der Waals surface area contributed by atoms with Gasteiger partial charge < -0.3 is 15.4 Å². The van der Waals surface area contributed by atoms with Crippen molar-refractivity contribution in [1.29, 1.82) is 5.26 Å². The number of ether oxygens (including phenoxy) is 1. The number of nitrogens with one attached hydrogen (secondary N) is 2. The zero-order valence-corrected chi connectivity index (χ0v) is 20.5. The summed E-state index contributed by atoms with van der Waals surface area (Å²) >= 11 is 1.37. The molecule has 0 saturated carbocycles. The number of nitrogens with zero attached hydrogens (tertiary/aromatic N) is 3. The number of thiophene rings is 1. The molecule has 11 heteroatoms. The maximum absolute atomic E-state index is 14.0. The van der Waals surface area contributed by atoms with Crippen molar-refractivity contribution in [1.82, 2.24) is 9.78 Å². The molecule has 1 aliphatic carbocycles. The van der Waals surface area contributed by atoms with Gasteiger partial charge in [-0.1, -0.05) is 19.1 Å². The monoisotopic (exact) mass is 515 g/mol. The highest BCUT2D eigenvalue weighted by molar-refractivity contribution is 7.16. The molecule has 1 amide bonds. The second-order valence-electron chi connectivity index (χ2n) is 9.24. The molecule has 0 saturated heterocycles. The van der Waals surface area contributed by atoms with Gasteiger partial charge in [-0.05, 0) is 48.4 Å². The third-order valence-corrected chi connectivity index (χ3v) is 8.02. The third kappa shape index (κ3) is 4.30. The predicted octanol–water partition coefficient (Wildman–Crippen LogP) is 5.86. The highest BCUT2D eigenvalue weighted by Crippen LogP contribution is 2.45. The quantitative estimate of drug-likeness (QED) is 0.454. The number of methoxy groups -OCH3 is 1. The van der Waals surface area contributed by atoms with Crippen LogP contribution in [0.5, 0.6) is 5.75 Å². The number of hydrogen-bond acceptors (Lipinski definition) is 6. The van der Waals surface area contributed by atoms with Gasteiger partial charge in [-0.25, -0.2) is 4.68 Å². The maximum atomic E-state index is 14.0. The molecule has 7 nitrogen and oxygen atoms in total. The van der Waals surface area contributed by atoms with Crippen molar-refractivity contribution in [3.05, 3.63) is 57.6 Å². The van der Waals surface area contributed by atoms with E-state index in [9.17, 15) is 23.2 Å². The summed E-state index contributed by atoms with van der Waals surface area (Å²) in [6.07, 6.45) is -1.11. The average molecular weight is 516 g/mol. The van der Waals surface area contributed by atoms with Crippen LogP contribution in [-0.2, 0) is 12.8 Å². The van der Waals surface area contributed by atoms with Crippen molar-refractivity contribution in [3.8, 4) is 11.8 Å². The number of amides is 1. The Kier molecular flexibility index (Phi) is 6.16. The van der Waals surface area contributed by atoms with Gasteiger partial charge in [0.2, 0.25) is 0 Å². The van der Waals surface area contributed by atoms with Crippen molar-refractivity contribution >= 4 is 28.1 Å². The first-order chi connectivity index (χ1) is 17.2. The Balaban J connectivity index is 1.47. The van der Waals surface area contributed by atoms with Gasteiger partial charge in [-0.15, -0.1) is 11.3 Å². The van der Waals surface area contributed by atoms with E-state index in [4.69, 9.17) is 4.74 Å². The van der Waals surface area contributed by atoms with Crippen LogP contribution in [0.4, 0.5) is 24.0 Å². The number of rotatable bonds is 4. The number of hydrogen-bond donors (Lipinski definition) is 2. The summed E-state index contributed by atoms with van der Waals surface area (Å²) in [7, 11) is 1.51. The molecular weight excluding hydrogens is 491 g/mol. The second-order valence-corrected chi connectivity index (χ2v) is 10.3. The molecule has 2 aromatic heterocycles. The molecule has 1 aromatic carbocycles. The van der Waals surface area contributed by atoms with Gasteiger partial charge in [0.05, 0.1) is 24.9 Å². The van der Waals surface area contributed by atoms with E-state index in [0.717, 1.165) is 40.6 Å². The Labute approximate surface area is 209 Å². The van der Waals surface area contributed by atoms with E-state index in [1.165, 1.54) is 18.4 Å². The van der Waals surface area contributed by atoms with Crippen LogP contribution in [0.1, 0.15) is 63.8 Å². The lowest BCUT2D eigenvalue weighted by Crippen LogP contribution is -2.36. The molecule has 5 rings (SSSR count). The molecule has 2 aliphatic rings. The maximum Gasteiger partial charge on any atom is 0.410 e. The van der Waals surface area contributed by atoms with E-state index in [1.807, 2.05) is 0 Å². The van der Waals surface area contributed by atoms with Gasteiger partial charge in [-0.3, -0.25) is 4.79 Å². The van der Waals surface area contributed by atoms with Crippen LogP contribution in [0, 0.1) is 17.2 Å². The Morgan fingerprint density at radius 1 is 1.33 bits per heavy atom. The number of alkyl halides is 3. The van der Waals surface area contributed by atoms with Gasteiger partial charge in [0.1, 0.15) is 28.2 Å². The number of benzene rings is 1. The van der Waals surface area contributed by atoms with Gasteiger partial charge in [0, 0.05) is 11.3 Å². The number of aromatic nitrogens is 2. The van der Waals surface area contributed by atoms with Crippen molar-refractivity contribution < 1.29 is 22.7 Å². The van der Waals surface area contributed by atoms with E-state index in [-0.39, 0.29) is 17.8 Å². The molecule has 188 valence electrons. The van der Waals surface area contributed by atoms with E-state index >= 15 is 0 Å². The van der Waals surface area contributed by atoms with E-state index in [2.05, 4.69) is 28.7 Å². The normalized spacial score (nSPS) is 21.1. The fourth-order valence-electron chi connectivity index (χ4n) is 4.91. The zero-order chi connectivity index (χ0) is 25.6. The van der Waals surface area contributed by atoms with Crippen molar-refractivity contribution in [2.45, 2.75) is 50.9 Å². The molecule has 3 atom stereocenters. The predicted molar refractivity (Wildman–Crippen MR) is 129 cm³/mol. The summed E-state index contributed by atoms with van der Waals surface area (Å²) in [6.45, 7) is 2.15. The van der Waals surface area contributed by atoms with Gasteiger partial charge in [0.25, 0.3) is 5.91 Å². The number of nitriles is 1. The Morgan fingerprint density at radius 2 is 2.08 bits per heavy atom. The zero-order valence-electron chi connectivity index (χ0n) is 19.6. The molecule has 1 aliphatic heterocycles. The molecule has 0 fully saturated rings. The van der Waals surface area contributed by atoms with E-state index in [0.29, 0.717) is 27.8 Å². The molecule has 36 heavy (non-hydrogen) atoms. The fourth-order valence-corrected chi connectivity index (χ4v) is 6.27. The third-order valence-electron chi connectivity index (χ3n) is 6.85. The van der Waals surface area contributed by atoms with Crippen LogP contribution < -0.4 is 15.4 Å². The van der Waals surface area contributed by atoms with Crippen LogP contribution in [0.25, 0.3) is 0 Å². The van der Waals surface area contributed by atoms with Crippen LogP contribution in [-0.4, -0.2) is 29.0 Å². The standard InChI is InChI=1S/C25H24F3N5O2S/c1-13-3-8-16-17(11-29)24(36-20(16)9-13)32-23(34)18-12-30-33-21(25(26,27)28)10-19(31-22(18)33)14-4-6-15(35-2)7-5-14/h4-7,12-13,19,21,31H,3,8-10H2,1-2H3,(H,32,34)/t13-,19-,21+/m0/s1. The summed E-state index contributed by atoms with van der Waals surface area (Å²) in [5.41, 5.74) is 2.03. The first-order valence-electron chi connectivity index (χ1n) is 11.6. The largest absolute Gasteiger partial charge is 0.497 e. The van der Waals surface area contributed by atoms with Crippen LogP contribution in [0.15, 0.2) is 30.5 Å². The van der Waals surface area contributed by atoms with Crippen LogP contribution >= 0.6 is 11.3 Å². The average Bonchev–Trinajstić information content (AvgIpc) is 3.43. The van der Waals surface area contributed by atoms with Crippen molar-refractivity contribution in [2.75, 3.05) is 17.7 Å². The van der Waals surface area contributed by atoms with E-state index in [1.54, 1.807) is 24.3 Å². The minimum Gasteiger partial charge on any atom is -0.497 e. The smallest absolute Gasteiger partial charge is 0.410 e. The minimum atomic E-state index is -4.56. The van der Waals surface area contributed by atoms with E-state index < -0.39 is 24.2 Å². The van der Waals surface area contributed by atoms with Gasteiger partial charge in [0.15, 0.2) is 6.04 Å². The topological polar surface area (TPSA) is 92.0 Å². The number of fused-ring (bicyclic) bond motifs is 2. The number of halogens is 3. The summed E-state index contributed by atoms with van der Waals surface area (Å²) in [4.78, 5) is 14.3. The molecule has 0 radical (unpaired) electrons. The lowest BCUT2D eigenvalue weighted by molar-refractivity contribution is -0.173. The summed E-state index contributed by atoms with van der Waals surface area (Å²) < 4.78 is 48.0. The number of carbonyl (C=O) groups is 1. The second kappa shape index (κ2) is 9.17. The van der Waals surface area contributed by atoms with Crippen molar-refractivity contribution in [3.63, 3.8) is 0 Å². The molecule has 0 unspecified atom stereocenters. The molecular formula is C25H24F3N5O2S. The molecule has 0 bridgehead atoms. The Hall–Kier alpha value is -3.52. The Morgan fingerprint density at radius 3 is 2.75 bits per heavy atom. The minimum absolute atomic E-state index is 0.00431. The molecule has 2 N–H and O–H groups in total. The lowest BCUT2D eigenvalue weighted by Gasteiger charge is -2.34. The van der Waals surface area contributed by atoms with Crippen LogP contribution in [0.2, 0.25) is 0 Å². The first kappa shape index (κ1) is 24.2. The highest BCUT2D eigenvalue weighted by Gasteiger charge is 2.47. The molecule has 3 aromatic rings. The Bertz CT molecular complexity index is 1340. The lowest BCUT2D eigenvalue weighted by atomic mass is 9.88. The summed E-state index contributed by atoms with van der Waals surface area (Å²) in [5, 5.41) is 20.0. The van der Waals surface area contributed by atoms with Gasteiger partial charge >= 0.3 is 6.18 Å². The molecule has 3 heterocycles. The van der Waals surface area contributed by atoms with Gasteiger partial charge in [-0.2, -0.15) is 23.5 Å². The number of anilines is 2. The van der Waals surface area contributed by atoms with Crippen molar-refractivity contribution in [2.24, 2.45) is 5.92 Å². The SMILES string of the molecule is COc1ccc([C@@H]2C[C@H](C(F)(F)F)n3ncc(C(=O)Nc4sc5c(c4C#N)CC[C@H](C)C5)c3N2)cc1. The highest BCUT2D eigenvalue weighted by atomic mass is 32.1. The summed E-state index contributed by atoms with van der Waals surface area (Å²) in [6, 6.07) is 6.38. The first-order valence-corrected chi connectivity index (χ1v) is 12.4. The molecule has 0 spiro atoms. The number of carbonyl (C=O) groups excluding carboxylic acids is 1. The summed E-state index contributed by atoms with van der Waals surface area (Å²) in [5.74, 6) is 0.472. The van der Waals surface area contributed by atoms with Crippen LogP contribution in [0.3, 0.4) is 0 Å².